The molecule has 0 amide bonds. The average molecular weight is 341 g/mol. The number of methoxy groups -OCH3 is 1. The van der Waals surface area contributed by atoms with Gasteiger partial charge in [-0.05, 0) is 32.3 Å². The van der Waals surface area contributed by atoms with Gasteiger partial charge in [0.25, 0.3) is 0 Å². The quantitative estimate of drug-likeness (QED) is 0.512. The zero-order chi connectivity index (χ0) is 18.1. The van der Waals surface area contributed by atoms with Gasteiger partial charge in [-0.3, -0.25) is 4.98 Å². The van der Waals surface area contributed by atoms with Gasteiger partial charge in [0.1, 0.15) is 6.61 Å². The monoisotopic (exact) mass is 341 g/mol. The van der Waals surface area contributed by atoms with E-state index in [9.17, 15) is 0 Å². The van der Waals surface area contributed by atoms with Crippen molar-refractivity contribution in [3.05, 3.63) is 52.8 Å². The number of pyridine rings is 1. The first-order valence-electron chi connectivity index (χ1n) is 9.38. The molecule has 0 spiro atoms. The van der Waals surface area contributed by atoms with Crippen molar-refractivity contribution in [3.63, 3.8) is 0 Å². The van der Waals surface area contributed by atoms with E-state index in [1.54, 1.807) is 7.11 Å². The Kier molecular flexibility index (Phi) is 7.77. The van der Waals surface area contributed by atoms with Crippen LogP contribution in [0, 0.1) is 13.8 Å². The molecule has 1 heterocycles. The topological polar surface area (TPSA) is 31.4 Å². The summed E-state index contributed by atoms with van der Waals surface area (Å²) in [5, 5.41) is 0. The van der Waals surface area contributed by atoms with Gasteiger partial charge in [-0.2, -0.15) is 0 Å². The lowest BCUT2D eigenvalue weighted by atomic mass is 10.0. The Morgan fingerprint density at radius 1 is 0.880 bits per heavy atom. The summed E-state index contributed by atoms with van der Waals surface area (Å²) in [5.41, 5.74) is 4.29. The zero-order valence-corrected chi connectivity index (χ0v) is 16.1. The molecule has 0 aliphatic carbocycles. The van der Waals surface area contributed by atoms with Crippen molar-refractivity contribution in [2.75, 3.05) is 7.11 Å². The highest BCUT2D eigenvalue weighted by atomic mass is 16.5. The highest BCUT2D eigenvalue weighted by molar-refractivity contribution is 5.51. The highest BCUT2D eigenvalue weighted by Crippen LogP contribution is 2.36. The van der Waals surface area contributed by atoms with Gasteiger partial charge >= 0.3 is 0 Å². The average Bonchev–Trinajstić information content (AvgIpc) is 2.62. The molecule has 2 rings (SSSR count). The second-order valence-corrected chi connectivity index (χ2v) is 6.56. The summed E-state index contributed by atoms with van der Waals surface area (Å²) in [6.07, 6.45) is 7.28. The van der Waals surface area contributed by atoms with Crippen molar-refractivity contribution >= 4 is 0 Å². The molecule has 1 aromatic heterocycles. The summed E-state index contributed by atoms with van der Waals surface area (Å²) >= 11 is 0. The van der Waals surface area contributed by atoms with Crippen molar-refractivity contribution in [2.45, 2.75) is 65.9 Å². The van der Waals surface area contributed by atoms with E-state index < -0.39 is 0 Å². The smallest absolute Gasteiger partial charge is 0.182 e. The number of aryl methyl sites for hydroxylation is 2. The maximum absolute atomic E-state index is 6.22. The number of nitrogens with zero attached hydrogens (tertiary/aromatic N) is 1. The van der Waals surface area contributed by atoms with E-state index >= 15 is 0 Å². The SMILES string of the molecule is CCCCCCCc1c(C)nc(C)c(OC)c1OCc1ccccc1. The van der Waals surface area contributed by atoms with E-state index in [0.717, 1.165) is 41.3 Å². The lowest BCUT2D eigenvalue weighted by Gasteiger charge is -2.18. The summed E-state index contributed by atoms with van der Waals surface area (Å²) in [7, 11) is 1.69. The van der Waals surface area contributed by atoms with Crippen molar-refractivity contribution < 1.29 is 9.47 Å². The largest absolute Gasteiger partial charge is 0.491 e. The van der Waals surface area contributed by atoms with Crippen LogP contribution < -0.4 is 9.47 Å². The third-order valence-electron chi connectivity index (χ3n) is 4.54. The Morgan fingerprint density at radius 2 is 1.60 bits per heavy atom. The van der Waals surface area contributed by atoms with Gasteiger partial charge in [0, 0.05) is 11.3 Å². The van der Waals surface area contributed by atoms with E-state index in [0.29, 0.717) is 6.61 Å². The molecule has 136 valence electrons. The number of unbranched alkanes of at least 4 members (excludes halogenated alkanes) is 4. The molecule has 0 saturated carbocycles. The van der Waals surface area contributed by atoms with Crippen molar-refractivity contribution in [2.24, 2.45) is 0 Å². The van der Waals surface area contributed by atoms with Crippen LogP contribution in [0.2, 0.25) is 0 Å². The predicted octanol–water partition coefficient (Wildman–Crippen LogP) is 5.80. The van der Waals surface area contributed by atoms with Crippen LogP contribution in [0.25, 0.3) is 0 Å². The summed E-state index contributed by atoms with van der Waals surface area (Å²) < 4.78 is 11.8. The third-order valence-corrected chi connectivity index (χ3v) is 4.54. The number of hydrogen-bond donors (Lipinski definition) is 0. The van der Waals surface area contributed by atoms with Gasteiger partial charge in [-0.15, -0.1) is 0 Å². The van der Waals surface area contributed by atoms with Gasteiger partial charge in [0.15, 0.2) is 11.5 Å². The van der Waals surface area contributed by atoms with E-state index in [-0.39, 0.29) is 0 Å². The first kappa shape index (κ1) is 19.3. The molecule has 0 fully saturated rings. The molecule has 3 heteroatoms. The fourth-order valence-corrected chi connectivity index (χ4v) is 3.16. The van der Waals surface area contributed by atoms with E-state index in [4.69, 9.17) is 9.47 Å². The van der Waals surface area contributed by atoms with Crippen LogP contribution >= 0.6 is 0 Å². The Hall–Kier alpha value is -2.03. The van der Waals surface area contributed by atoms with E-state index in [2.05, 4.69) is 31.0 Å². The molecule has 3 nitrogen and oxygen atoms in total. The highest BCUT2D eigenvalue weighted by Gasteiger charge is 2.18. The second-order valence-electron chi connectivity index (χ2n) is 6.56. The third kappa shape index (κ3) is 5.48. The molecule has 0 atom stereocenters. The van der Waals surface area contributed by atoms with Crippen LogP contribution in [0.1, 0.15) is 61.5 Å². The molecule has 0 bridgehead atoms. The Bertz CT molecular complexity index is 653. The molecule has 2 aromatic rings. The first-order valence-corrected chi connectivity index (χ1v) is 9.38. The van der Waals surface area contributed by atoms with E-state index in [1.165, 1.54) is 31.2 Å². The van der Waals surface area contributed by atoms with Gasteiger partial charge < -0.3 is 9.47 Å². The maximum Gasteiger partial charge on any atom is 0.182 e. The minimum absolute atomic E-state index is 0.545. The van der Waals surface area contributed by atoms with Crippen LogP contribution in [-0.4, -0.2) is 12.1 Å². The molecule has 0 N–H and O–H groups in total. The van der Waals surface area contributed by atoms with Gasteiger partial charge in [-0.1, -0.05) is 62.9 Å². The molecule has 0 aliphatic heterocycles. The second kappa shape index (κ2) is 10.1. The van der Waals surface area contributed by atoms with Crippen LogP contribution in [0.3, 0.4) is 0 Å². The van der Waals surface area contributed by atoms with Gasteiger partial charge in [0.2, 0.25) is 0 Å². The Morgan fingerprint density at radius 3 is 2.28 bits per heavy atom. The van der Waals surface area contributed by atoms with Crippen molar-refractivity contribution in [1.29, 1.82) is 0 Å². The Labute approximate surface area is 152 Å². The molecule has 25 heavy (non-hydrogen) atoms. The molecule has 0 aliphatic rings. The lowest BCUT2D eigenvalue weighted by molar-refractivity contribution is 0.278. The van der Waals surface area contributed by atoms with Crippen molar-refractivity contribution in [1.82, 2.24) is 4.98 Å². The number of hydrogen-bond acceptors (Lipinski definition) is 3. The summed E-state index contributed by atoms with van der Waals surface area (Å²) in [4.78, 5) is 4.67. The summed E-state index contributed by atoms with van der Waals surface area (Å²) in [5.74, 6) is 1.64. The lowest BCUT2D eigenvalue weighted by Crippen LogP contribution is -2.06. The minimum atomic E-state index is 0.545. The molecular formula is C22H31NO2. The van der Waals surface area contributed by atoms with Gasteiger partial charge in [-0.25, -0.2) is 0 Å². The van der Waals surface area contributed by atoms with Crippen LogP contribution in [-0.2, 0) is 13.0 Å². The minimum Gasteiger partial charge on any atom is -0.491 e. The Balaban J connectivity index is 2.17. The van der Waals surface area contributed by atoms with Crippen LogP contribution in [0.4, 0.5) is 0 Å². The number of aromatic nitrogens is 1. The fraction of sp³-hybridized carbons (Fsp3) is 0.500. The molecule has 1 aromatic carbocycles. The van der Waals surface area contributed by atoms with Crippen LogP contribution in [0.5, 0.6) is 11.5 Å². The first-order chi connectivity index (χ1) is 12.2. The van der Waals surface area contributed by atoms with E-state index in [1.807, 2.05) is 25.1 Å². The fourth-order valence-electron chi connectivity index (χ4n) is 3.16. The van der Waals surface area contributed by atoms with Crippen molar-refractivity contribution in [3.8, 4) is 11.5 Å². The van der Waals surface area contributed by atoms with Gasteiger partial charge in [0.05, 0.1) is 12.8 Å². The normalized spacial score (nSPS) is 10.7. The summed E-state index contributed by atoms with van der Waals surface area (Å²) in [6, 6.07) is 10.3. The zero-order valence-electron chi connectivity index (χ0n) is 16.1. The number of benzene rings is 1. The number of rotatable bonds is 10. The standard InChI is InChI=1S/C22H31NO2/c1-5-6-7-8-12-15-20-17(2)23-18(3)21(24-4)22(20)25-16-19-13-10-9-11-14-19/h9-11,13-14H,5-8,12,15-16H2,1-4H3. The molecule has 0 radical (unpaired) electrons. The number of ether oxygens (including phenoxy) is 2. The maximum atomic E-state index is 6.22. The molecule has 0 saturated heterocycles. The summed E-state index contributed by atoms with van der Waals surface area (Å²) in [6.45, 7) is 6.84. The van der Waals surface area contributed by atoms with Crippen LogP contribution in [0.15, 0.2) is 30.3 Å². The molecule has 0 unspecified atom stereocenters. The molecular weight excluding hydrogens is 310 g/mol. The predicted molar refractivity (Wildman–Crippen MR) is 104 cm³/mol.